The molecule has 0 saturated carbocycles. The molecule has 0 heterocycles. The molecule has 0 aliphatic carbocycles. The molecule has 0 atom stereocenters. The molecule has 0 nitrogen and oxygen atoms in total. The molecule has 0 amide bonds. The summed E-state index contributed by atoms with van der Waals surface area (Å²) in [6.07, 6.45) is 0. The third kappa shape index (κ3) is 2.41. The Hall–Kier alpha value is -2.41. The van der Waals surface area contributed by atoms with Crippen LogP contribution in [-0.2, 0) is 0 Å². The highest BCUT2D eigenvalue weighted by atomic mass is 19.1. The maximum absolute atomic E-state index is 13.0. The molecule has 1 heteroatoms. The summed E-state index contributed by atoms with van der Waals surface area (Å²) in [4.78, 5) is 0. The summed E-state index contributed by atoms with van der Waals surface area (Å²) < 4.78 is 13.0. The third-order valence-electron chi connectivity index (χ3n) is 3.17. The maximum atomic E-state index is 13.0. The number of hydrogen-bond donors (Lipinski definition) is 0. The molecular weight excluding hydrogens is 235 g/mol. The lowest BCUT2D eigenvalue weighted by Gasteiger charge is -2.10. The Balaban J connectivity index is 2.15. The van der Waals surface area contributed by atoms with E-state index in [9.17, 15) is 4.39 Å². The molecule has 19 heavy (non-hydrogen) atoms. The summed E-state index contributed by atoms with van der Waals surface area (Å²) in [6, 6.07) is 25.0. The summed E-state index contributed by atoms with van der Waals surface area (Å²) in [5.74, 6) is -0.207. The molecule has 0 bridgehead atoms. The quantitative estimate of drug-likeness (QED) is 0.587. The average molecular weight is 248 g/mol. The van der Waals surface area contributed by atoms with Gasteiger partial charge in [0.25, 0.3) is 0 Å². The summed E-state index contributed by atoms with van der Waals surface area (Å²) in [7, 11) is 0. The van der Waals surface area contributed by atoms with Gasteiger partial charge in [0.1, 0.15) is 5.82 Å². The predicted molar refractivity (Wildman–Crippen MR) is 77.3 cm³/mol. The van der Waals surface area contributed by atoms with E-state index >= 15 is 0 Å². The molecule has 0 aliphatic rings. The summed E-state index contributed by atoms with van der Waals surface area (Å²) in [5, 5.41) is 0. The number of benzene rings is 3. The first kappa shape index (κ1) is 11.7. The van der Waals surface area contributed by atoms with E-state index in [4.69, 9.17) is 0 Å². The largest absolute Gasteiger partial charge is 0.207 e. The smallest absolute Gasteiger partial charge is 0.123 e. The minimum absolute atomic E-state index is 0.207. The number of halogens is 1. The Bertz CT molecular complexity index is 670. The minimum atomic E-state index is -0.207. The van der Waals surface area contributed by atoms with Crippen molar-refractivity contribution in [3.05, 3.63) is 84.7 Å². The van der Waals surface area contributed by atoms with Crippen LogP contribution in [0, 0.1) is 5.82 Å². The molecule has 3 aromatic rings. The van der Waals surface area contributed by atoms with Crippen LogP contribution in [0.4, 0.5) is 4.39 Å². The molecule has 0 N–H and O–H groups in total. The molecule has 92 valence electrons. The van der Waals surface area contributed by atoms with E-state index in [0.717, 1.165) is 16.7 Å². The first-order valence-electron chi connectivity index (χ1n) is 6.25. The number of rotatable bonds is 2. The van der Waals surface area contributed by atoms with E-state index in [-0.39, 0.29) is 5.82 Å². The van der Waals surface area contributed by atoms with Crippen LogP contribution in [0.25, 0.3) is 22.3 Å². The lowest BCUT2D eigenvalue weighted by atomic mass is 9.95. The molecule has 0 aliphatic heterocycles. The van der Waals surface area contributed by atoms with Crippen molar-refractivity contribution in [2.75, 3.05) is 0 Å². The fourth-order valence-corrected chi connectivity index (χ4v) is 2.23. The van der Waals surface area contributed by atoms with Gasteiger partial charge in [0.2, 0.25) is 0 Å². The van der Waals surface area contributed by atoms with Gasteiger partial charge in [0.15, 0.2) is 0 Å². The second-order valence-electron chi connectivity index (χ2n) is 4.42. The Morgan fingerprint density at radius 1 is 0.474 bits per heavy atom. The summed E-state index contributed by atoms with van der Waals surface area (Å²) in [6.45, 7) is 0. The molecule has 0 saturated heterocycles. The van der Waals surface area contributed by atoms with Gasteiger partial charge in [-0.15, -0.1) is 0 Å². The zero-order chi connectivity index (χ0) is 13.1. The first-order chi connectivity index (χ1) is 9.34. The molecular formula is C18H13F. The van der Waals surface area contributed by atoms with E-state index in [0.29, 0.717) is 0 Å². The van der Waals surface area contributed by atoms with Gasteiger partial charge < -0.3 is 0 Å². The average Bonchev–Trinajstić information content (AvgIpc) is 2.49. The van der Waals surface area contributed by atoms with E-state index in [1.165, 1.54) is 17.7 Å². The van der Waals surface area contributed by atoms with Gasteiger partial charge in [-0.1, -0.05) is 66.7 Å². The second kappa shape index (κ2) is 5.07. The lowest BCUT2D eigenvalue weighted by Crippen LogP contribution is -1.85. The van der Waals surface area contributed by atoms with Crippen molar-refractivity contribution in [1.29, 1.82) is 0 Å². The minimum Gasteiger partial charge on any atom is -0.207 e. The van der Waals surface area contributed by atoms with Crippen molar-refractivity contribution in [3.63, 3.8) is 0 Å². The van der Waals surface area contributed by atoms with Crippen LogP contribution >= 0.6 is 0 Å². The van der Waals surface area contributed by atoms with Crippen molar-refractivity contribution >= 4 is 0 Å². The van der Waals surface area contributed by atoms with Crippen molar-refractivity contribution < 1.29 is 4.39 Å². The maximum Gasteiger partial charge on any atom is 0.123 e. The summed E-state index contributed by atoms with van der Waals surface area (Å²) in [5.41, 5.74) is 4.48. The van der Waals surface area contributed by atoms with Crippen LogP contribution in [0.3, 0.4) is 0 Å². The Morgan fingerprint density at radius 2 is 0.947 bits per heavy atom. The summed E-state index contributed by atoms with van der Waals surface area (Å²) >= 11 is 0. The van der Waals surface area contributed by atoms with Crippen LogP contribution in [-0.4, -0.2) is 0 Å². The van der Waals surface area contributed by atoms with Crippen LogP contribution in [0.15, 0.2) is 78.9 Å². The van der Waals surface area contributed by atoms with E-state index < -0.39 is 0 Å². The Kier molecular flexibility index (Phi) is 3.11. The van der Waals surface area contributed by atoms with Crippen molar-refractivity contribution in [2.45, 2.75) is 0 Å². The van der Waals surface area contributed by atoms with Gasteiger partial charge in [0.05, 0.1) is 0 Å². The molecule has 0 fully saturated rings. The topological polar surface area (TPSA) is 0 Å². The van der Waals surface area contributed by atoms with Crippen molar-refractivity contribution in [1.82, 2.24) is 0 Å². The molecule has 0 radical (unpaired) electrons. The highest BCUT2D eigenvalue weighted by Crippen LogP contribution is 2.31. The molecule has 0 aromatic heterocycles. The van der Waals surface area contributed by atoms with Crippen LogP contribution < -0.4 is 0 Å². The fraction of sp³-hybridized carbons (Fsp3) is 0. The van der Waals surface area contributed by atoms with Gasteiger partial charge in [-0.2, -0.15) is 0 Å². The van der Waals surface area contributed by atoms with Crippen LogP contribution in [0.2, 0.25) is 0 Å². The van der Waals surface area contributed by atoms with Gasteiger partial charge in [0, 0.05) is 0 Å². The predicted octanol–water partition coefficient (Wildman–Crippen LogP) is 5.16. The molecule has 0 unspecified atom stereocenters. The van der Waals surface area contributed by atoms with Gasteiger partial charge in [-0.25, -0.2) is 4.39 Å². The van der Waals surface area contributed by atoms with Crippen LogP contribution in [0.1, 0.15) is 0 Å². The standard InChI is InChI=1S/C18H13F/c19-16-12-10-15(11-13-16)18-9-5-4-8-17(18)14-6-2-1-3-7-14/h1-13H. The van der Waals surface area contributed by atoms with Gasteiger partial charge in [-0.05, 0) is 34.4 Å². The number of hydrogen-bond acceptors (Lipinski definition) is 0. The Morgan fingerprint density at radius 3 is 1.53 bits per heavy atom. The highest BCUT2D eigenvalue weighted by molar-refractivity contribution is 5.83. The van der Waals surface area contributed by atoms with Crippen molar-refractivity contribution in [3.8, 4) is 22.3 Å². The zero-order valence-electron chi connectivity index (χ0n) is 10.4. The van der Waals surface area contributed by atoms with E-state index in [1.54, 1.807) is 0 Å². The monoisotopic (exact) mass is 248 g/mol. The highest BCUT2D eigenvalue weighted by Gasteiger charge is 2.06. The third-order valence-corrected chi connectivity index (χ3v) is 3.17. The normalized spacial score (nSPS) is 10.4. The van der Waals surface area contributed by atoms with Gasteiger partial charge in [-0.3, -0.25) is 0 Å². The molecule has 3 rings (SSSR count). The SMILES string of the molecule is Fc1ccc(-c2ccccc2-c2ccccc2)cc1. The van der Waals surface area contributed by atoms with Crippen LogP contribution in [0.5, 0.6) is 0 Å². The molecule has 3 aromatic carbocycles. The zero-order valence-corrected chi connectivity index (χ0v) is 10.4. The Labute approximate surface area is 112 Å². The molecule has 0 spiro atoms. The lowest BCUT2D eigenvalue weighted by molar-refractivity contribution is 0.628. The van der Waals surface area contributed by atoms with E-state index in [2.05, 4.69) is 24.3 Å². The van der Waals surface area contributed by atoms with E-state index in [1.807, 2.05) is 42.5 Å². The van der Waals surface area contributed by atoms with Crippen molar-refractivity contribution in [2.24, 2.45) is 0 Å². The first-order valence-corrected chi connectivity index (χ1v) is 6.25. The van der Waals surface area contributed by atoms with Gasteiger partial charge >= 0.3 is 0 Å². The second-order valence-corrected chi connectivity index (χ2v) is 4.42. The fourth-order valence-electron chi connectivity index (χ4n) is 2.23.